The van der Waals surface area contributed by atoms with E-state index in [1.807, 2.05) is 37.1 Å². The smallest absolute Gasteiger partial charge is 0.234 e. The Morgan fingerprint density at radius 2 is 2.04 bits per heavy atom. The summed E-state index contributed by atoms with van der Waals surface area (Å²) in [7, 11) is 5.21. The number of carbonyl (C=O) groups excluding carboxylic acids is 1. The molecule has 1 aromatic rings. The molecule has 0 aliphatic rings. The zero-order valence-electron chi connectivity index (χ0n) is 14.6. The van der Waals surface area contributed by atoms with Crippen molar-refractivity contribution in [2.75, 3.05) is 47.6 Å². The van der Waals surface area contributed by atoms with Crippen LogP contribution in [0.5, 0.6) is 11.5 Å². The van der Waals surface area contributed by atoms with Crippen molar-refractivity contribution in [1.82, 2.24) is 10.2 Å². The average Bonchev–Trinajstić information content (AvgIpc) is 2.54. The van der Waals surface area contributed by atoms with Crippen molar-refractivity contribution in [2.24, 2.45) is 0 Å². The fourth-order valence-corrected chi connectivity index (χ4v) is 2.16. The topological polar surface area (TPSA) is 60.0 Å². The number of ether oxygens (including phenoxy) is 3. The Balaban J connectivity index is 2.43. The van der Waals surface area contributed by atoms with E-state index in [1.54, 1.807) is 14.2 Å². The maximum Gasteiger partial charge on any atom is 0.234 e. The van der Waals surface area contributed by atoms with Gasteiger partial charge in [-0.1, -0.05) is 6.07 Å². The van der Waals surface area contributed by atoms with Crippen LogP contribution in [0, 0.1) is 0 Å². The van der Waals surface area contributed by atoms with Crippen LogP contribution in [0.4, 0.5) is 0 Å². The van der Waals surface area contributed by atoms with Crippen LogP contribution >= 0.6 is 0 Å². The number of nitrogens with one attached hydrogen (secondary N) is 1. The Morgan fingerprint density at radius 3 is 2.70 bits per heavy atom. The summed E-state index contributed by atoms with van der Waals surface area (Å²) in [5.41, 5.74) is 0.973. The van der Waals surface area contributed by atoms with Gasteiger partial charge in [0.15, 0.2) is 11.5 Å². The Labute approximate surface area is 138 Å². The molecule has 23 heavy (non-hydrogen) atoms. The monoisotopic (exact) mass is 324 g/mol. The molecule has 0 saturated heterocycles. The van der Waals surface area contributed by atoms with Crippen molar-refractivity contribution in [3.05, 3.63) is 23.8 Å². The SMILES string of the molecule is CCOc1ccc(CNC(=O)CN(C)CCCOC)cc1OC. The summed E-state index contributed by atoms with van der Waals surface area (Å²) in [6.45, 7) is 4.89. The quantitative estimate of drug-likeness (QED) is 0.628. The predicted molar refractivity (Wildman–Crippen MR) is 90.0 cm³/mol. The molecule has 0 saturated carbocycles. The summed E-state index contributed by atoms with van der Waals surface area (Å²) in [6.07, 6.45) is 0.913. The van der Waals surface area contributed by atoms with E-state index in [1.165, 1.54) is 0 Å². The van der Waals surface area contributed by atoms with Crippen LogP contribution in [0.15, 0.2) is 18.2 Å². The van der Waals surface area contributed by atoms with Crippen molar-refractivity contribution in [3.8, 4) is 11.5 Å². The zero-order valence-corrected chi connectivity index (χ0v) is 14.6. The highest BCUT2D eigenvalue weighted by molar-refractivity contribution is 5.78. The van der Waals surface area contributed by atoms with Gasteiger partial charge in [-0.05, 0) is 38.1 Å². The van der Waals surface area contributed by atoms with Crippen LogP contribution in [0.25, 0.3) is 0 Å². The Morgan fingerprint density at radius 1 is 1.26 bits per heavy atom. The van der Waals surface area contributed by atoms with Gasteiger partial charge in [-0.25, -0.2) is 0 Å². The van der Waals surface area contributed by atoms with E-state index in [9.17, 15) is 4.79 Å². The fourth-order valence-electron chi connectivity index (χ4n) is 2.16. The number of nitrogens with zero attached hydrogens (tertiary/aromatic N) is 1. The summed E-state index contributed by atoms with van der Waals surface area (Å²) < 4.78 is 15.8. The maximum atomic E-state index is 11.9. The molecule has 0 aromatic heterocycles. The van der Waals surface area contributed by atoms with E-state index >= 15 is 0 Å². The van der Waals surface area contributed by atoms with E-state index in [0.717, 1.165) is 18.5 Å². The van der Waals surface area contributed by atoms with Crippen LogP contribution in [-0.2, 0) is 16.1 Å². The molecule has 0 radical (unpaired) electrons. The van der Waals surface area contributed by atoms with E-state index in [4.69, 9.17) is 14.2 Å². The van der Waals surface area contributed by atoms with Gasteiger partial charge in [0, 0.05) is 26.8 Å². The predicted octanol–water partition coefficient (Wildman–Crippen LogP) is 1.68. The molecule has 1 rings (SSSR count). The third-order valence-electron chi connectivity index (χ3n) is 3.32. The lowest BCUT2D eigenvalue weighted by molar-refractivity contribution is -0.122. The first-order chi connectivity index (χ1) is 11.1. The molecule has 0 fully saturated rings. The summed E-state index contributed by atoms with van der Waals surface area (Å²) >= 11 is 0. The molecule has 6 heteroatoms. The minimum atomic E-state index is -0.00207. The first-order valence-electron chi connectivity index (χ1n) is 7.84. The minimum absolute atomic E-state index is 0.00207. The van der Waals surface area contributed by atoms with E-state index < -0.39 is 0 Å². The van der Waals surface area contributed by atoms with Crippen molar-refractivity contribution >= 4 is 5.91 Å². The zero-order chi connectivity index (χ0) is 17.1. The van der Waals surface area contributed by atoms with Crippen LogP contribution in [-0.4, -0.2) is 58.4 Å². The molecule has 1 N–H and O–H groups in total. The lowest BCUT2D eigenvalue weighted by Gasteiger charge is -2.16. The third kappa shape index (κ3) is 7.34. The first kappa shape index (κ1) is 19.3. The number of hydrogen-bond acceptors (Lipinski definition) is 5. The van der Waals surface area contributed by atoms with Crippen LogP contribution in [0.2, 0.25) is 0 Å². The van der Waals surface area contributed by atoms with Gasteiger partial charge in [0.2, 0.25) is 5.91 Å². The average molecular weight is 324 g/mol. The molecule has 6 nitrogen and oxygen atoms in total. The van der Waals surface area contributed by atoms with E-state index in [-0.39, 0.29) is 5.91 Å². The second kappa shape index (κ2) is 10.9. The maximum absolute atomic E-state index is 11.9. The third-order valence-corrected chi connectivity index (χ3v) is 3.32. The molecule has 0 aliphatic carbocycles. The lowest BCUT2D eigenvalue weighted by Crippen LogP contribution is -2.35. The van der Waals surface area contributed by atoms with Gasteiger partial charge >= 0.3 is 0 Å². The largest absolute Gasteiger partial charge is 0.493 e. The molecule has 0 atom stereocenters. The van der Waals surface area contributed by atoms with Crippen molar-refractivity contribution in [2.45, 2.75) is 19.9 Å². The normalized spacial score (nSPS) is 10.7. The second-order valence-corrected chi connectivity index (χ2v) is 5.28. The minimum Gasteiger partial charge on any atom is -0.493 e. The van der Waals surface area contributed by atoms with Crippen LogP contribution in [0.1, 0.15) is 18.9 Å². The molecule has 130 valence electrons. The summed E-state index contributed by atoms with van der Waals surface area (Å²) in [5.74, 6) is 1.39. The van der Waals surface area contributed by atoms with Crippen molar-refractivity contribution in [1.29, 1.82) is 0 Å². The lowest BCUT2D eigenvalue weighted by atomic mass is 10.2. The molecule has 0 unspecified atom stereocenters. The van der Waals surface area contributed by atoms with Gasteiger partial charge in [-0.15, -0.1) is 0 Å². The summed E-state index contributed by atoms with van der Waals surface area (Å²) in [5, 5.41) is 2.91. The highest BCUT2D eigenvalue weighted by Gasteiger charge is 2.08. The number of amides is 1. The van der Waals surface area contributed by atoms with Gasteiger partial charge in [0.05, 0.1) is 20.3 Å². The van der Waals surface area contributed by atoms with Crippen molar-refractivity contribution < 1.29 is 19.0 Å². The molecule has 0 aliphatic heterocycles. The van der Waals surface area contributed by atoms with Gasteiger partial charge in [0.1, 0.15) is 0 Å². The van der Waals surface area contributed by atoms with E-state index in [2.05, 4.69) is 5.32 Å². The molecular formula is C17H28N2O4. The van der Waals surface area contributed by atoms with Gasteiger partial charge in [-0.2, -0.15) is 0 Å². The molecule has 0 heterocycles. The number of carbonyl (C=O) groups is 1. The molecule has 1 amide bonds. The number of likely N-dealkylation sites (N-methyl/N-ethyl adjacent to an activating group) is 1. The summed E-state index contributed by atoms with van der Waals surface area (Å²) in [4.78, 5) is 13.9. The Kier molecular flexibility index (Phi) is 9.09. The molecular weight excluding hydrogens is 296 g/mol. The van der Waals surface area contributed by atoms with Gasteiger partial charge in [-0.3, -0.25) is 9.69 Å². The second-order valence-electron chi connectivity index (χ2n) is 5.28. The van der Waals surface area contributed by atoms with Crippen LogP contribution < -0.4 is 14.8 Å². The number of hydrogen-bond donors (Lipinski definition) is 1. The highest BCUT2D eigenvalue weighted by atomic mass is 16.5. The van der Waals surface area contributed by atoms with Gasteiger partial charge in [0.25, 0.3) is 0 Å². The number of methoxy groups -OCH3 is 2. The van der Waals surface area contributed by atoms with Crippen molar-refractivity contribution in [3.63, 3.8) is 0 Å². The first-order valence-corrected chi connectivity index (χ1v) is 7.84. The Hall–Kier alpha value is -1.79. The molecule has 0 bridgehead atoms. The number of benzene rings is 1. The Bertz CT molecular complexity index is 480. The standard InChI is InChI=1S/C17H28N2O4/c1-5-23-15-8-7-14(11-16(15)22-4)12-18-17(20)13-19(2)9-6-10-21-3/h7-8,11H,5-6,9-10,12-13H2,1-4H3,(H,18,20). The number of rotatable bonds is 11. The summed E-state index contributed by atoms with van der Waals surface area (Å²) in [6, 6.07) is 5.67. The van der Waals surface area contributed by atoms with E-state index in [0.29, 0.717) is 37.8 Å². The highest BCUT2D eigenvalue weighted by Crippen LogP contribution is 2.27. The molecule has 1 aromatic carbocycles. The fraction of sp³-hybridized carbons (Fsp3) is 0.588. The van der Waals surface area contributed by atoms with Gasteiger partial charge < -0.3 is 19.5 Å². The van der Waals surface area contributed by atoms with Crippen LogP contribution in [0.3, 0.4) is 0 Å². The molecule has 0 spiro atoms.